The highest BCUT2D eigenvalue weighted by molar-refractivity contribution is 7.55. The van der Waals surface area contributed by atoms with E-state index in [0.717, 1.165) is 18.5 Å². The van der Waals surface area contributed by atoms with Crippen molar-refractivity contribution >= 4 is 8.15 Å². The van der Waals surface area contributed by atoms with Crippen LogP contribution in [0.3, 0.4) is 0 Å². The Kier molecular flexibility index (Phi) is 5.56. The van der Waals surface area contributed by atoms with Gasteiger partial charge in [-0.25, -0.2) is 4.98 Å². The maximum absolute atomic E-state index is 6.84. The molecule has 1 aromatic carbocycles. The van der Waals surface area contributed by atoms with Gasteiger partial charge in [0.25, 0.3) is 0 Å². The molecule has 0 unspecified atom stereocenters. The Morgan fingerprint density at radius 3 is 2.19 bits per heavy atom. The number of hydrogen-bond donors (Lipinski definition) is 0. The molecule has 1 aromatic heterocycles. The molecule has 1 atom stereocenters. The Labute approximate surface area is 160 Å². The van der Waals surface area contributed by atoms with Gasteiger partial charge >= 0.3 is 0 Å². The largest absolute Gasteiger partial charge is 0.349 e. The molecule has 3 heteroatoms. The number of aromatic nitrogens is 1. The van der Waals surface area contributed by atoms with E-state index in [2.05, 4.69) is 77.9 Å². The molecule has 0 radical (unpaired) electrons. The molecule has 2 aromatic rings. The number of hydrogen-bond acceptors (Lipinski definition) is 2. The third-order valence-electron chi connectivity index (χ3n) is 4.75. The van der Waals surface area contributed by atoms with Gasteiger partial charge in [0, 0.05) is 24.0 Å². The average molecular weight is 369 g/mol. The highest BCUT2D eigenvalue weighted by atomic mass is 31.1. The fourth-order valence-corrected chi connectivity index (χ4v) is 7.04. The first-order chi connectivity index (χ1) is 12.2. The van der Waals surface area contributed by atoms with Crippen molar-refractivity contribution in [2.45, 2.75) is 77.2 Å². The number of fused-ring (bicyclic) bond motifs is 1. The zero-order valence-corrected chi connectivity index (χ0v) is 17.9. The fraction of sp³-hybridized carbons (Fsp3) is 0.522. The number of rotatable bonds is 3. The van der Waals surface area contributed by atoms with E-state index in [9.17, 15) is 0 Å². The number of aryl methyl sites for hydroxylation is 1. The van der Waals surface area contributed by atoms with Crippen molar-refractivity contribution in [1.82, 2.24) is 4.98 Å². The first-order valence-corrected chi connectivity index (χ1v) is 10.9. The maximum atomic E-state index is 6.84. The van der Waals surface area contributed by atoms with E-state index in [1.807, 2.05) is 6.07 Å². The van der Waals surface area contributed by atoms with Crippen molar-refractivity contribution in [2.75, 3.05) is 0 Å². The van der Waals surface area contributed by atoms with Gasteiger partial charge in [-0.15, -0.1) is 0 Å². The van der Waals surface area contributed by atoms with Crippen LogP contribution in [-0.4, -0.2) is 15.3 Å². The molecule has 0 bridgehead atoms. The zero-order chi connectivity index (χ0) is 18.9. The van der Waals surface area contributed by atoms with E-state index < -0.39 is 8.15 Å². The van der Waals surface area contributed by atoms with E-state index in [4.69, 9.17) is 9.51 Å². The minimum atomic E-state index is -0.594. The summed E-state index contributed by atoms with van der Waals surface area (Å²) < 4.78 is 6.84. The van der Waals surface area contributed by atoms with Crippen LogP contribution in [-0.2, 0) is 10.9 Å². The molecule has 1 aliphatic rings. The monoisotopic (exact) mass is 369 g/mol. The molecular weight excluding hydrogens is 337 g/mol. The lowest BCUT2D eigenvalue weighted by Crippen LogP contribution is -2.28. The van der Waals surface area contributed by atoms with Crippen LogP contribution in [0.25, 0.3) is 11.3 Å². The molecule has 1 aliphatic carbocycles. The van der Waals surface area contributed by atoms with Crippen LogP contribution in [0.4, 0.5) is 0 Å². The Hall–Kier alpha value is -1.24. The second kappa shape index (κ2) is 7.41. The summed E-state index contributed by atoms with van der Waals surface area (Å²) in [6.45, 7) is 13.8. The van der Waals surface area contributed by atoms with Crippen molar-refractivity contribution in [3.05, 3.63) is 53.7 Å². The number of benzene rings is 1. The summed E-state index contributed by atoms with van der Waals surface area (Å²) >= 11 is 0. The summed E-state index contributed by atoms with van der Waals surface area (Å²) in [5, 5.41) is 0.310. The molecule has 140 valence electrons. The van der Waals surface area contributed by atoms with Crippen molar-refractivity contribution in [1.29, 1.82) is 0 Å². The second-order valence-electron chi connectivity index (χ2n) is 9.23. The summed E-state index contributed by atoms with van der Waals surface area (Å²) in [6, 6.07) is 14.9. The highest BCUT2D eigenvalue weighted by Crippen LogP contribution is 2.62. The van der Waals surface area contributed by atoms with Crippen molar-refractivity contribution in [3.8, 4) is 11.3 Å². The molecule has 0 saturated heterocycles. The van der Waals surface area contributed by atoms with Gasteiger partial charge < -0.3 is 4.52 Å². The third-order valence-corrected chi connectivity index (χ3v) is 7.65. The van der Waals surface area contributed by atoms with Crippen LogP contribution in [0.1, 0.15) is 71.7 Å². The first-order valence-electron chi connectivity index (χ1n) is 9.68. The lowest BCUT2D eigenvalue weighted by atomic mass is 9.93. The van der Waals surface area contributed by atoms with E-state index >= 15 is 0 Å². The SMILES string of the molecule is CC(C)(C)P(O[C@H]1CCCc2ccc(-c3ccccc3)nc21)C(C)(C)C. The predicted molar refractivity (Wildman–Crippen MR) is 113 cm³/mol. The molecule has 3 rings (SSSR count). The van der Waals surface area contributed by atoms with E-state index in [-0.39, 0.29) is 16.4 Å². The topological polar surface area (TPSA) is 22.1 Å². The van der Waals surface area contributed by atoms with Gasteiger partial charge in [0.2, 0.25) is 0 Å². The smallest absolute Gasteiger partial charge is 0.104 e. The quantitative estimate of drug-likeness (QED) is 0.537. The Bertz CT molecular complexity index is 729. The van der Waals surface area contributed by atoms with Crippen molar-refractivity contribution in [2.24, 2.45) is 0 Å². The Morgan fingerprint density at radius 1 is 0.923 bits per heavy atom. The Morgan fingerprint density at radius 2 is 1.58 bits per heavy atom. The van der Waals surface area contributed by atoms with Crippen LogP contribution in [0.2, 0.25) is 0 Å². The molecule has 0 N–H and O–H groups in total. The summed E-state index contributed by atoms with van der Waals surface area (Å²) in [7, 11) is -0.594. The first kappa shape index (κ1) is 19.5. The standard InChI is InChI=1S/C23H32NOP/c1-22(2,3)26(23(4,5)6)25-20-14-10-13-18-15-16-19(24-21(18)20)17-11-8-7-9-12-17/h7-9,11-12,15-16,20H,10,13-14H2,1-6H3/t20-/m0/s1. The molecule has 0 fully saturated rings. The summed E-state index contributed by atoms with van der Waals surface area (Å²) in [6.07, 6.45) is 3.48. The average Bonchev–Trinajstić information content (AvgIpc) is 2.58. The van der Waals surface area contributed by atoms with Crippen LogP contribution in [0, 0.1) is 0 Å². The second-order valence-corrected chi connectivity index (χ2v) is 12.7. The van der Waals surface area contributed by atoms with Gasteiger partial charge in [-0.05, 0) is 30.9 Å². The van der Waals surface area contributed by atoms with E-state index in [1.165, 1.54) is 23.2 Å². The van der Waals surface area contributed by atoms with Gasteiger partial charge in [-0.3, -0.25) is 0 Å². The molecule has 26 heavy (non-hydrogen) atoms. The van der Waals surface area contributed by atoms with Gasteiger partial charge in [-0.2, -0.15) is 0 Å². The Balaban J connectivity index is 1.95. The lowest BCUT2D eigenvalue weighted by Gasteiger charge is -2.43. The molecule has 0 saturated carbocycles. The minimum absolute atomic E-state index is 0.118. The number of nitrogens with zero attached hydrogens (tertiary/aromatic N) is 1. The van der Waals surface area contributed by atoms with E-state index in [1.54, 1.807) is 0 Å². The van der Waals surface area contributed by atoms with Crippen LogP contribution < -0.4 is 0 Å². The molecular formula is C23H32NOP. The normalized spacial score (nSPS) is 18.0. The maximum Gasteiger partial charge on any atom is 0.104 e. The van der Waals surface area contributed by atoms with Gasteiger partial charge in [0.1, 0.15) is 6.10 Å². The van der Waals surface area contributed by atoms with Crippen molar-refractivity contribution in [3.63, 3.8) is 0 Å². The fourth-order valence-electron chi connectivity index (χ4n) is 3.93. The molecule has 2 nitrogen and oxygen atoms in total. The molecule has 0 aliphatic heterocycles. The molecule has 0 spiro atoms. The lowest BCUT2D eigenvalue weighted by molar-refractivity contribution is 0.188. The van der Waals surface area contributed by atoms with Gasteiger partial charge in [0.15, 0.2) is 0 Å². The van der Waals surface area contributed by atoms with Gasteiger partial charge in [0.05, 0.1) is 11.4 Å². The highest BCUT2D eigenvalue weighted by Gasteiger charge is 2.39. The summed E-state index contributed by atoms with van der Waals surface area (Å²) in [4.78, 5) is 5.07. The summed E-state index contributed by atoms with van der Waals surface area (Å²) in [5.41, 5.74) is 4.75. The summed E-state index contributed by atoms with van der Waals surface area (Å²) in [5.74, 6) is 0. The van der Waals surface area contributed by atoms with E-state index in [0.29, 0.717) is 0 Å². The molecule has 1 heterocycles. The predicted octanol–water partition coefficient (Wildman–Crippen LogP) is 7.14. The van der Waals surface area contributed by atoms with Gasteiger partial charge in [-0.1, -0.05) is 77.9 Å². The van der Waals surface area contributed by atoms with Crippen LogP contribution in [0.15, 0.2) is 42.5 Å². The zero-order valence-electron chi connectivity index (χ0n) is 17.0. The van der Waals surface area contributed by atoms with Crippen LogP contribution in [0.5, 0.6) is 0 Å². The van der Waals surface area contributed by atoms with Crippen LogP contribution >= 0.6 is 8.15 Å². The minimum Gasteiger partial charge on any atom is -0.349 e. The third kappa shape index (κ3) is 4.35. The number of pyridine rings is 1. The van der Waals surface area contributed by atoms with Crippen molar-refractivity contribution < 1.29 is 4.52 Å². The molecule has 0 amide bonds.